The number of amides is 2. The first-order valence-corrected chi connectivity index (χ1v) is 8.45. The molecule has 132 valence electrons. The molecule has 0 saturated carbocycles. The molecule has 6 nitrogen and oxygen atoms in total. The summed E-state index contributed by atoms with van der Waals surface area (Å²) in [5.41, 5.74) is 0.782. The molecular formula is C16H16Cl3N4O2+. The molecule has 0 spiro atoms. The fourth-order valence-electron chi connectivity index (χ4n) is 2.09. The number of quaternary nitrogens is 1. The van der Waals surface area contributed by atoms with Gasteiger partial charge in [-0.3, -0.25) is 9.59 Å². The zero-order chi connectivity index (χ0) is 18.4. The first kappa shape index (κ1) is 19.5. The van der Waals surface area contributed by atoms with Gasteiger partial charge in [0.25, 0.3) is 11.8 Å². The summed E-state index contributed by atoms with van der Waals surface area (Å²) in [6.45, 7) is 0.143. The topological polar surface area (TPSA) is 75.5 Å². The number of anilines is 2. The zero-order valence-corrected chi connectivity index (χ0v) is 15.5. The minimum Gasteiger partial charge on any atom is -0.322 e. The van der Waals surface area contributed by atoms with Gasteiger partial charge in [0.05, 0.1) is 28.5 Å². The van der Waals surface area contributed by atoms with Gasteiger partial charge < -0.3 is 15.5 Å². The quantitative estimate of drug-likeness (QED) is 0.648. The highest BCUT2D eigenvalue weighted by Crippen LogP contribution is 2.29. The van der Waals surface area contributed by atoms with Gasteiger partial charge in [0.15, 0.2) is 18.2 Å². The highest BCUT2D eigenvalue weighted by atomic mass is 35.5. The molecule has 2 aromatic rings. The molecule has 1 heterocycles. The van der Waals surface area contributed by atoms with Crippen molar-refractivity contribution in [3.05, 3.63) is 51.7 Å². The van der Waals surface area contributed by atoms with Crippen molar-refractivity contribution in [3.63, 3.8) is 0 Å². The van der Waals surface area contributed by atoms with Crippen LogP contribution in [0.2, 0.25) is 15.2 Å². The van der Waals surface area contributed by atoms with E-state index in [1.165, 1.54) is 6.20 Å². The van der Waals surface area contributed by atoms with E-state index in [4.69, 9.17) is 34.8 Å². The fraction of sp³-hybridized carbons (Fsp3) is 0.188. The van der Waals surface area contributed by atoms with Crippen LogP contribution in [0.1, 0.15) is 0 Å². The average molecular weight is 403 g/mol. The summed E-state index contributed by atoms with van der Waals surface area (Å²) in [6, 6.07) is 8.26. The second-order valence-corrected chi connectivity index (χ2v) is 6.52. The lowest BCUT2D eigenvalue weighted by molar-refractivity contribution is -0.862. The maximum Gasteiger partial charge on any atom is 0.279 e. The van der Waals surface area contributed by atoms with E-state index in [9.17, 15) is 9.59 Å². The van der Waals surface area contributed by atoms with Gasteiger partial charge in [0, 0.05) is 6.20 Å². The Hall–Kier alpha value is -1.86. The lowest BCUT2D eigenvalue weighted by Crippen LogP contribution is -3.11. The first-order chi connectivity index (χ1) is 11.9. The lowest BCUT2D eigenvalue weighted by atomic mass is 10.3. The number of hydrogen-bond acceptors (Lipinski definition) is 3. The van der Waals surface area contributed by atoms with Gasteiger partial charge in [-0.25, -0.2) is 4.98 Å². The maximum absolute atomic E-state index is 12.1. The van der Waals surface area contributed by atoms with Crippen molar-refractivity contribution in [1.29, 1.82) is 0 Å². The Morgan fingerprint density at radius 2 is 1.60 bits per heavy atom. The van der Waals surface area contributed by atoms with Gasteiger partial charge >= 0.3 is 0 Å². The van der Waals surface area contributed by atoms with Crippen LogP contribution in [0.5, 0.6) is 0 Å². The predicted octanol–water partition coefficient (Wildman–Crippen LogP) is 2.13. The molecule has 1 aromatic carbocycles. The largest absolute Gasteiger partial charge is 0.322 e. The monoisotopic (exact) mass is 401 g/mol. The molecule has 25 heavy (non-hydrogen) atoms. The highest BCUT2D eigenvalue weighted by Gasteiger charge is 2.17. The smallest absolute Gasteiger partial charge is 0.279 e. The molecule has 0 aliphatic rings. The molecule has 0 radical (unpaired) electrons. The Morgan fingerprint density at radius 3 is 2.20 bits per heavy atom. The number of hydrogen-bond donors (Lipinski definition) is 3. The van der Waals surface area contributed by atoms with Crippen LogP contribution in [0.3, 0.4) is 0 Å². The standard InChI is InChI=1S/C16H15Cl3N4O2/c1-23(8-13(24)21-12-6-3-7-20-16(12)19)9-14(25)22-15-10(17)4-2-5-11(15)18/h2-7H,8-9H2,1H3,(H,21,24)(H,22,25)/p+1. The van der Waals surface area contributed by atoms with Gasteiger partial charge in [-0.05, 0) is 24.3 Å². The van der Waals surface area contributed by atoms with Crippen LogP contribution in [0.15, 0.2) is 36.5 Å². The van der Waals surface area contributed by atoms with Crippen molar-refractivity contribution < 1.29 is 14.5 Å². The van der Waals surface area contributed by atoms with Crippen LogP contribution in [-0.2, 0) is 9.59 Å². The number of nitrogens with zero attached hydrogens (tertiary/aromatic N) is 1. The van der Waals surface area contributed by atoms with E-state index in [0.29, 0.717) is 26.3 Å². The van der Waals surface area contributed by atoms with Crippen molar-refractivity contribution in [2.75, 3.05) is 30.8 Å². The van der Waals surface area contributed by atoms with Crippen molar-refractivity contribution in [1.82, 2.24) is 4.98 Å². The third kappa shape index (κ3) is 5.86. The minimum atomic E-state index is -0.306. The highest BCUT2D eigenvalue weighted by molar-refractivity contribution is 6.39. The van der Waals surface area contributed by atoms with E-state index in [2.05, 4.69) is 15.6 Å². The summed E-state index contributed by atoms with van der Waals surface area (Å²) in [4.78, 5) is 28.7. The number of nitrogens with one attached hydrogen (secondary N) is 3. The Kier molecular flexibility index (Phi) is 7.01. The third-order valence-electron chi connectivity index (χ3n) is 3.19. The van der Waals surface area contributed by atoms with Gasteiger partial charge in [-0.1, -0.05) is 40.9 Å². The Balaban J connectivity index is 1.87. The van der Waals surface area contributed by atoms with E-state index in [1.54, 1.807) is 37.4 Å². The molecule has 3 N–H and O–H groups in total. The first-order valence-electron chi connectivity index (χ1n) is 7.32. The van der Waals surface area contributed by atoms with Crippen LogP contribution >= 0.6 is 34.8 Å². The van der Waals surface area contributed by atoms with Gasteiger partial charge in [-0.2, -0.15) is 0 Å². The van der Waals surface area contributed by atoms with Crippen molar-refractivity contribution in [2.24, 2.45) is 0 Å². The maximum atomic E-state index is 12.1. The molecule has 9 heteroatoms. The molecule has 0 fully saturated rings. The summed E-state index contributed by atoms with van der Waals surface area (Å²) >= 11 is 17.9. The van der Waals surface area contributed by atoms with Crippen molar-refractivity contribution in [3.8, 4) is 0 Å². The van der Waals surface area contributed by atoms with E-state index in [1.807, 2.05) is 0 Å². The average Bonchev–Trinajstić information content (AvgIpc) is 2.53. The number of carbonyl (C=O) groups excluding carboxylic acids is 2. The van der Waals surface area contributed by atoms with E-state index >= 15 is 0 Å². The molecule has 1 aromatic heterocycles. The molecule has 1 unspecified atom stereocenters. The van der Waals surface area contributed by atoms with Gasteiger partial charge in [0.2, 0.25) is 0 Å². The molecule has 2 rings (SSSR count). The molecule has 0 aliphatic heterocycles. The van der Waals surface area contributed by atoms with Crippen molar-refractivity contribution in [2.45, 2.75) is 0 Å². The number of para-hydroxylation sites is 1. The normalized spacial score (nSPS) is 11.7. The predicted molar refractivity (Wildman–Crippen MR) is 99.6 cm³/mol. The minimum absolute atomic E-state index is 0.0652. The number of likely N-dealkylation sites (N-methyl/N-ethyl adjacent to an activating group) is 1. The lowest BCUT2D eigenvalue weighted by Gasteiger charge is -2.15. The van der Waals surface area contributed by atoms with Crippen LogP contribution in [0.25, 0.3) is 0 Å². The Morgan fingerprint density at radius 1 is 1.00 bits per heavy atom. The summed E-state index contributed by atoms with van der Waals surface area (Å²) in [5, 5.41) is 6.22. The molecule has 2 amide bonds. The SMILES string of the molecule is C[NH+](CC(=O)Nc1cccnc1Cl)CC(=O)Nc1c(Cl)cccc1Cl. The zero-order valence-electron chi connectivity index (χ0n) is 13.3. The van der Waals surface area contributed by atoms with E-state index in [0.717, 1.165) is 0 Å². The van der Waals surface area contributed by atoms with Crippen LogP contribution in [-0.4, -0.2) is 36.9 Å². The number of pyridine rings is 1. The summed E-state index contributed by atoms with van der Waals surface area (Å²) in [6.07, 6.45) is 1.53. The van der Waals surface area contributed by atoms with Crippen LogP contribution < -0.4 is 15.5 Å². The van der Waals surface area contributed by atoms with Crippen LogP contribution in [0.4, 0.5) is 11.4 Å². The number of halogens is 3. The van der Waals surface area contributed by atoms with E-state index in [-0.39, 0.29) is 30.1 Å². The van der Waals surface area contributed by atoms with Gasteiger partial charge in [0.1, 0.15) is 0 Å². The summed E-state index contributed by atoms with van der Waals surface area (Å²) < 4.78 is 0. The second kappa shape index (κ2) is 9.01. The number of carbonyl (C=O) groups is 2. The Labute approximate surface area is 160 Å². The van der Waals surface area contributed by atoms with E-state index < -0.39 is 0 Å². The molecule has 0 aliphatic carbocycles. The van der Waals surface area contributed by atoms with Gasteiger partial charge in [-0.15, -0.1) is 0 Å². The fourth-order valence-corrected chi connectivity index (χ4v) is 2.74. The molecule has 0 bridgehead atoms. The van der Waals surface area contributed by atoms with Crippen molar-refractivity contribution >= 4 is 58.0 Å². The molecule has 1 atom stereocenters. The third-order valence-corrected chi connectivity index (χ3v) is 4.12. The summed E-state index contributed by atoms with van der Waals surface area (Å²) in [5.74, 6) is -0.587. The molecule has 0 saturated heterocycles. The number of rotatable bonds is 6. The van der Waals surface area contributed by atoms with Crippen LogP contribution in [0, 0.1) is 0 Å². The molecular weight excluding hydrogens is 387 g/mol. The number of aromatic nitrogens is 1. The Bertz CT molecular complexity index is 765. The number of benzene rings is 1. The second-order valence-electron chi connectivity index (χ2n) is 5.35. The summed E-state index contributed by atoms with van der Waals surface area (Å²) in [7, 11) is 1.72.